The lowest BCUT2D eigenvalue weighted by atomic mass is 10.1. The number of anilines is 1. The molecular weight excluding hydrogens is 292 g/mol. The van der Waals surface area contributed by atoms with Gasteiger partial charge in [0, 0.05) is 0 Å². The third kappa shape index (κ3) is 3.21. The van der Waals surface area contributed by atoms with E-state index in [-0.39, 0.29) is 12.3 Å². The van der Waals surface area contributed by atoms with Crippen LogP contribution in [0.25, 0.3) is 11.0 Å². The quantitative estimate of drug-likeness (QED) is 0.688. The molecule has 3 aromatic rings. The normalized spacial score (nSPS) is 10.7. The van der Waals surface area contributed by atoms with Gasteiger partial charge in [-0.1, -0.05) is 18.2 Å². The number of H-pyrrole nitrogens is 1. The van der Waals surface area contributed by atoms with Gasteiger partial charge >= 0.3 is 0 Å². The van der Waals surface area contributed by atoms with Crippen LogP contribution in [0.1, 0.15) is 21.7 Å². The summed E-state index contributed by atoms with van der Waals surface area (Å²) >= 11 is 0. The molecule has 2 amide bonds. The number of aryl methyl sites for hydroxylation is 1. The zero-order valence-electron chi connectivity index (χ0n) is 12.6. The summed E-state index contributed by atoms with van der Waals surface area (Å²) in [5.41, 5.74) is 8.64. The van der Waals surface area contributed by atoms with Gasteiger partial charge in [0.05, 0.1) is 28.7 Å². The summed E-state index contributed by atoms with van der Waals surface area (Å²) in [6.07, 6.45) is 0.196. The number of nitrogens with zero attached hydrogens (tertiary/aromatic N) is 1. The number of imidazole rings is 1. The molecular formula is C17H16N4O2. The van der Waals surface area contributed by atoms with E-state index in [0.29, 0.717) is 11.3 Å². The predicted octanol–water partition coefficient (Wildman–Crippen LogP) is 2.15. The Morgan fingerprint density at radius 3 is 2.78 bits per heavy atom. The van der Waals surface area contributed by atoms with E-state index >= 15 is 0 Å². The molecule has 2 aromatic carbocycles. The van der Waals surface area contributed by atoms with Crippen molar-refractivity contribution in [1.29, 1.82) is 0 Å². The van der Waals surface area contributed by atoms with Gasteiger partial charge in [0.2, 0.25) is 5.91 Å². The van der Waals surface area contributed by atoms with Crippen molar-refractivity contribution >= 4 is 28.5 Å². The van der Waals surface area contributed by atoms with E-state index in [1.165, 1.54) is 0 Å². The first-order valence-electron chi connectivity index (χ1n) is 7.17. The van der Waals surface area contributed by atoms with Crippen molar-refractivity contribution in [3.05, 3.63) is 59.4 Å². The van der Waals surface area contributed by atoms with Gasteiger partial charge in [-0.3, -0.25) is 9.59 Å². The van der Waals surface area contributed by atoms with Gasteiger partial charge in [-0.05, 0) is 36.8 Å². The molecule has 23 heavy (non-hydrogen) atoms. The fourth-order valence-electron chi connectivity index (χ4n) is 2.48. The van der Waals surface area contributed by atoms with Gasteiger partial charge < -0.3 is 16.0 Å². The van der Waals surface area contributed by atoms with E-state index < -0.39 is 5.91 Å². The third-order valence-electron chi connectivity index (χ3n) is 3.50. The molecule has 0 atom stereocenters. The minimum atomic E-state index is -0.574. The Labute approximate surface area is 132 Å². The maximum atomic E-state index is 12.2. The van der Waals surface area contributed by atoms with Crippen molar-refractivity contribution in [1.82, 2.24) is 9.97 Å². The molecule has 1 aromatic heterocycles. The van der Waals surface area contributed by atoms with Gasteiger partial charge in [0.1, 0.15) is 5.82 Å². The summed E-state index contributed by atoms with van der Waals surface area (Å²) in [6, 6.07) is 12.3. The molecule has 0 aliphatic heterocycles. The van der Waals surface area contributed by atoms with Crippen molar-refractivity contribution in [3.63, 3.8) is 0 Å². The summed E-state index contributed by atoms with van der Waals surface area (Å²) in [5.74, 6) is 0.0431. The van der Waals surface area contributed by atoms with Crippen LogP contribution >= 0.6 is 0 Å². The monoisotopic (exact) mass is 308 g/mol. The Kier molecular flexibility index (Phi) is 3.80. The van der Waals surface area contributed by atoms with Crippen LogP contribution in [0.2, 0.25) is 0 Å². The zero-order valence-corrected chi connectivity index (χ0v) is 12.6. The van der Waals surface area contributed by atoms with Crippen LogP contribution in [0.15, 0.2) is 42.5 Å². The first-order valence-corrected chi connectivity index (χ1v) is 7.17. The van der Waals surface area contributed by atoms with E-state index in [4.69, 9.17) is 5.73 Å². The van der Waals surface area contributed by atoms with E-state index in [1.54, 1.807) is 24.3 Å². The highest BCUT2D eigenvalue weighted by Crippen LogP contribution is 2.17. The third-order valence-corrected chi connectivity index (χ3v) is 3.50. The highest BCUT2D eigenvalue weighted by atomic mass is 16.2. The summed E-state index contributed by atoms with van der Waals surface area (Å²) in [4.78, 5) is 31.0. The molecule has 0 radical (unpaired) electrons. The fraction of sp³-hybridized carbons (Fsp3) is 0.118. The van der Waals surface area contributed by atoms with Crippen LogP contribution < -0.4 is 11.1 Å². The number of benzene rings is 2. The topological polar surface area (TPSA) is 101 Å². The zero-order chi connectivity index (χ0) is 16.4. The number of nitrogens with one attached hydrogen (secondary N) is 2. The molecule has 0 spiro atoms. The Morgan fingerprint density at radius 1 is 1.22 bits per heavy atom. The van der Waals surface area contributed by atoms with Crippen molar-refractivity contribution in [2.75, 3.05) is 5.32 Å². The summed E-state index contributed by atoms with van der Waals surface area (Å²) in [7, 11) is 0. The minimum Gasteiger partial charge on any atom is -0.366 e. The number of hydrogen-bond acceptors (Lipinski definition) is 3. The van der Waals surface area contributed by atoms with Gasteiger partial charge in [-0.15, -0.1) is 0 Å². The molecule has 0 aliphatic carbocycles. The number of carbonyl (C=O) groups excluding carboxylic acids is 2. The summed E-state index contributed by atoms with van der Waals surface area (Å²) < 4.78 is 0. The Hall–Kier alpha value is -3.15. The molecule has 0 saturated heterocycles. The van der Waals surface area contributed by atoms with Crippen LogP contribution in [0, 0.1) is 6.92 Å². The lowest BCUT2D eigenvalue weighted by molar-refractivity contribution is -0.115. The summed E-state index contributed by atoms with van der Waals surface area (Å²) in [6.45, 7) is 1.88. The van der Waals surface area contributed by atoms with E-state index in [0.717, 1.165) is 22.4 Å². The number of nitrogens with two attached hydrogens (primary N) is 1. The van der Waals surface area contributed by atoms with Crippen LogP contribution in [0.4, 0.5) is 5.69 Å². The molecule has 116 valence electrons. The van der Waals surface area contributed by atoms with Crippen LogP contribution in [-0.4, -0.2) is 21.8 Å². The van der Waals surface area contributed by atoms with E-state index in [9.17, 15) is 9.59 Å². The lowest BCUT2D eigenvalue weighted by Gasteiger charge is -2.08. The number of aromatic nitrogens is 2. The maximum Gasteiger partial charge on any atom is 0.250 e. The molecule has 0 bridgehead atoms. The van der Waals surface area contributed by atoms with Crippen LogP contribution in [0.3, 0.4) is 0 Å². The number of rotatable bonds is 4. The Balaban J connectivity index is 1.77. The second kappa shape index (κ2) is 5.92. The molecule has 0 aliphatic rings. The standard InChI is InChI=1S/C17H16N4O2/c1-10-19-14-7-6-11(8-15(14)20-10)9-16(22)21-13-5-3-2-4-12(13)17(18)23/h2-8H,9H2,1H3,(H2,18,23)(H,19,20)(H,21,22). The molecule has 6 nitrogen and oxygen atoms in total. The number of aromatic amines is 1. The maximum absolute atomic E-state index is 12.2. The van der Waals surface area contributed by atoms with Gasteiger partial charge in [-0.25, -0.2) is 4.98 Å². The largest absolute Gasteiger partial charge is 0.366 e. The van der Waals surface area contributed by atoms with Gasteiger partial charge in [0.25, 0.3) is 5.91 Å². The number of para-hydroxylation sites is 1. The molecule has 4 N–H and O–H groups in total. The minimum absolute atomic E-state index is 0.196. The average Bonchev–Trinajstić information content (AvgIpc) is 2.86. The van der Waals surface area contributed by atoms with Gasteiger partial charge in [-0.2, -0.15) is 0 Å². The number of fused-ring (bicyclic) bond motifs is 1. The molecule has 0 saturated carbocycles. The molecule has 0 fully saturated rings. The van der Waals surface area contributed by atoms with Crippen LogP contribution in [0.5, 0.6) is 0 Å². The van der Waals surface area contributed by atoms with Crippen molar-refractivity contribution < 1.29 is 9.59 Å². The molecule has 1 heterocycles. The lowest BCUT2D eigenvalue weighted by Crippen LogP contribution is -2.19. The number of carbonyl (C=O) groups is 2. The predicted molar refractivity (Wildman–Crippen MR) is 88.1 cm³/mol. The number of primary amides is 1. The van der Waals surface area contributed by atoms with Gasteiger partial charge in [0.15, 0.2) is 0 Å². The second-order valence-electron chi connectivity index (χ2n) is 5.31. The van der Waals surface area contributed by atoms with E-state index in [1.807, 2.05) is 25.1 Å². The first-order chi connectivity index (χ1) is 11.0. The smallest absolute Gasteiger partial charge is 0.250 e. The number of amides is 2. The second-order valence-corrected chi connectivity index (χ2v) is 5.31. The number of hydrogen-bond donors (Lipinski definition) is 3. The highest BCUT2D eigenvalue weighted by Gasteiger charge is 2.11. The Morgan fingerprint density at radius 2 is 2.00 bits per heavy atom. The first kappa shape index (κ1) is 14.8. The molecule has 0 unspecified atom stereocenters. The van der Waals surface area contributed by atoms with Crippen LogP contribution in [-0.2, 0) is 11.2 Å². The van der Waals surface area contributed by atoms with E-state index in [2.05, 4.69) is 15.3 Å². The summed E-state index contributed by atoms with van der Waals surface area (Å²) in [5, 5.41) is 2.73. The Bertz CT molecular complexity index is 898. The molecule has 6 heteroatoms. The van der Waals surface area contributed by atoms with Crippen molar-refractivity contribution in [2.24, 2.45) is 5.73 Å². The fourth-order valence-corrected chi connectivity index (χ4v) is 2.48. The highest BCUT2D eigenvalue weighted by molar-refractivity contribution is 6.03. The van der Waals surface area contributed by atoms with Crippen molar-refractivity contribution in [2.45, 2.75) is 13.3 Å². The average molecular weight is 308 g/mol. The van der Waals surface area contributed by atoms with Crippen molar-refractivity contribution in [3.8, 4) is 0 Å². The molecule has 3 rings (SSSR count). The SMILES string of the molecule is Cc1nc2ccc(CC(=O)Nc3ccccc3C(N)=O)cc2[nH]1.